The summed E-state index contributed by atoms with van der Waals surface area (Å²) in [5.74, 6) is 0.917. The fourth-order valence-electron chi connectivity index (χ4n) is 3.20. The average molecular weight is 271 g/mol. The van der Waals surface area contributed by atoms with E-state index in [0.29, 0.717) is 12.5 Å². The Kier molecular flexibility index (Phi) is 4.89. The van der Waals surface area contributed by atoms with Gasteiger partial charge in [-0.05, 0) is 55.4 Å². The average Bonchev–Trinajstić information content (AvgIpc) is 2.49. The van der Waals surface area contributed by atoms with Crippen LogP contribution < -0.4 is 10.6 Å². The van der Waals surface area contributed by atoms with Crippen LogP contribution >= 0.6 is 0 Å². The molecule has 1 saturated carbocycles. The number of anilines is 2. The van der Waals surface area contributed by atoms with Crippen molar-refractivity contribution in [2.24, 2.45) is 5.92 Å². The number of hydrogen-bond donors (Lipinski definition) is 1. The maximum Gasteiger partial charge on any atom is 0.0670 e. The van der Waals surface area contributed by atoms with E-state index in [1.165, 1.54) is 37.8 Å². The van der Waals surface area contributed by atoms with Crippen LogP contribution in [-0.2, 0) is 6.42 Å². The van der Waals surface area contributed by atoms with Crippen molar-refractivity contribution in [2.45, 2.75) is 51.5 Å². The molecule has 0 aromatic heterocycles. The maximum atomic E-state index is 8.86. The van der Waals surface area contributed by atoms with Crippen molar-refractivity contribution in [3.05, 3.63) is 23.8 Å². The molecular formula is C17H25N3. The Hall–Kier alpha value is -1.69. The fourth-order valence-corrected chi connectivity index (χ4v) is 3.20. The zero-order valence-electron chi connectivity index (χ0n) is 12.6. The predicted molar refractivity (Wildman–Crippen MR) is 84.6 cm³/mol. The van der Waals surface area contributed by atoms with Crippen molar-refractivity contribution in [1.82, 2.24) is 0 Å². The highest BCUT2D eigenvalue weighted by Gasteiger charge is 2.23. The molecule has 0 radical (unpaired) electrons. The van der Waals surface area contributed by atoms with Gasteiger partial charge in [0.15, 0.2) is 0 Å². The smallest absolute Gasteiger partial charge is 0.0670 e. The highest BCUT2D eigenvalue weighted by Crippen LogP contribution is 2.32. The molecule has 1 aromatic rings. The largest absolute Gasteiger partial charge is 0.398 e. The van der Waals surface area contributed by atoms with Crippen molar-refractivity contribution in [3.63, 3.8) is 0 Å². The number of nitriles is 1. The lowest BCUT2D eigenvalue weighted by atomic mass is 9.84. The minimum atomic E-state index is 0.385. The molecule has 2 N–H and O–H groups in total. The molecule has 1 aromatic carbocycles. The molecule has 1 aliphatic carbocycles. The zero-order valence-corrected chi connectivity index (χ0v) is 12.6. The van der Waals surface area contributed by atoms with E-state index in [9.17, 15) is 0 Å². The van der Waals surface area contributed by atoms with Crippen LogP contribution in [0.3, 0.4) is 0 Å². The predicted octanol–water partition coefficient (Wildman–Crippen LogP) is 3.74. The molecule has 108 valence electrons. The minimum Gasteiger partial charge on any atom is -0.398 e. The first-order valence-corrected chi connectivity index (χ1v) is 7.63. The van der Waals surface area contributed by atoms with Gasteiger partial charge in [-0.25, -0.2) is 0 Å². The van der Waals surface area contributed by atoms with E-state index in [-0.39, 0.29) is 0 Å². The van der Waals surface area contributed by atoms with Crippen LogP contribution in [0.15, 0.2) is 18.2 Å². The van der Waals surface area contributed by atoms with Crippen LogP contribution in [0.25, 0.3) is 0 Å². The van der Waals surface area contributed by atoms with E-state index in [2.05, 4.69) is 37.1 Å². The minimum absolute atomic E-state index is 0.385. The summed E-state index contributed by atoms with van der Waals surface area (Å²) in [7, 11) is 2.17. The highest BCUT2D eigenvalue weighted by molar-refractivity contribution is 5.59. The quantitative estimate of drug-likeness (QED) is 0.849. The van der Waals surface area contributed by atoms with E-state index < -0.39 is 0 Å². The molecule has 1 fully saturated rings. The van der Waals surface area contributed by atoms with Crippen LogP contribution in [0.4, 0.5) is 11.4 Å². The Morgan fingerprint density at radius 3 is 2.60 bits per heavy atom. The summed E-state index contributed by atoms with van der Waals surface area (Å²) in [5.41, 5.74) is 8.77. The van der Waals surface area contributed by atoms with Crippen LogP contribution in [0.5, 0.6) is 0 Å². The van der Waals surface area contributed by atoms with Gasteiger partial charge in [-0.3, -0.25) is 0 Å². The van der Waals surface area contributed by atoms with Crippen molar-refractivity contribution < 1.29 is 0 Å². The number of nitrogens with zero attached hydrogens (tertiary/aromatic N) is 2. The number of nitrogens with two attached hydrogens (primary N) is 1. The first-order valence-electron chi connectivity index (χ1n) is 7.63. The van der Waals surface area contributed by atoms with Crippen LogP contribution in [0.2, 0.25) is 0 Å². The molecular weight excluding hydrogens is 246 g/mol. The van der Waals surface area contributed by atoms with Gasteiger partial charge in [-0.1, -0.05) is 13.3 Å². The van der Waals surface area contributed by atoms with Gasteiger partial charge in [0, 0.05) is 24.5 Å². The number of hydrogen-bond acceptors (Lipinski definition) is 3. The van der Waals surface area contributed by atoms with E-state index in [0.717, 1.165) is 17.2 Å². The molecule has 3 nitrogen and oxygen atoms in total. The van der Waals surface area contributed by atoms with Crippen molar-refractivity contribution in [2.75, 3.05) is 17.7 Å². The first-order chi connectivity index (χ1) is 9.65. The topological polar surface area (TPSA) is 53.0 Å². The van der Waals surface area contributed by atoms with E-state index >= 15 is 0 Å². The summed E-state index contributed by atoms with van der Waals surface area (Å²) in [4.78, 5) is 2.37. The molecule has 1 aliphatic rings. The summed E-state index contributed by atoms with van der Waals surface area (Å²) < 4.78 is 0. The normalized spacial score (nSPS) is 22.2. The van der Waals surface area contributed by atoms with Crippen LogP contribution in [0, 0.1) is 17.2 Å². The van der Waals surface area contributed by atoms with Gasteiger partial charge in [0.1, 0.15) is 0 Å². The lowest BCUT2D eigenvalue weighted by Crippen LogP contribution is -2.35. The molecule has 0 spiro atoms. The summed E-state index contributed by atoms with van der Waals surface area (Å²) in [6, 6.07) is 8.88. The summed E-state index contributed by atoms with van der Waals surface area (Å²) in [6.07, 6.45) is 6.91. The second kappa shape index (κ2) is 6.65. The van der Waals surface area contributed by atoms with Gasteiger partial charge >= 0.3 is 0 Å². The lowest BCUT2D eigenvalue weighted by molar-refractivity contribution is 0.313. The number of rotatable bonds is 4. The Bertz CT molecular complexity index is 481. The van der Waals surface area contributed by atoms with Gasteiger partial charge < -0.3 is 10.6 Å². The third-order valence-electron chi connectivity index (χ3n) is 4.74. The fraction of sp³-hybridized carbons (Fsp3) is 0.588. The SMILES string of the molecule is CCC1CCC(N(C)c2ccc(N)c(CC#N)c2)CC1. The Morgan fingerprint density at radius 2 is 2.00 bits per heavy atom. The van der Waals surface area contributed by atoms with Gasteiger partial charge in [-0.2, -0.15) is 5.26 Å². The molecule has 0 unspecified atom stereocenters. The van der Waals surface area contributed by atoms with Crippen molar-refractivity contribution in [1.29, 1.82) is 5.26 Å². The molecule has 0 aliphatic heterocycles. The molecule has 0 saturated heterocycles. The zero-order chi connectivity index (χ0) is 14.5. The van der Waals surface area contributed by atoms with Gasteiger partial charge in [0.05, 0.1) is 12.5 Å². The standard InChI is InChI=1S/C17H25N3/c1-3-13-4-6-15(7-5-13)20(2)16-8-9-17(19)14(12-16)10-11-18/h8-9,12-13,15H,3-7,10,19H2,1-2H3. The molecule has 3 heteroatoms. The molecule has 0 bridgehead atoms. The summed E-state index contributed by atoms with van der Waals surface area (Å²) >= 11 is 0. The summed E-state index contributed by atoms with van der Waals surface area (Å²) in [5, 5.41) is 8.86. The lowest BCUT2D eigenvalue weighted by Gasteiger charge is -2.36. The Labute approximate surface area is 122 Å². The number of benzene rings is 1. The van der Waals surface area contributed by atoms with Crippen LogP contribution in [0.1, 0.15) is 44.6 Å². The Morgan fingerprint density at radius 1 is 1.30 bits per heavy atom. The Balaban J connectivity index is 2.08. The van der Waals surface area contributed by atoms with Crippen molar-refractivity contribution >= 4 is 11.4 Å². The third-order valence-corrected chi connectivity index (χ3v) is 4.74. The summed E-state index contributed by atoms with van der Waals surface area (Å²) in [6.45, 7) is 2.29. The van der Waals surface area contributed by atoms with Crippen LogP contribution in [-0.4, -0.2) is 13.1 Å². The van der Waals surface area contributed by atoms with E-state index in [1.807, 2.05) is 6.07 Å². The van der Waals surface area contributed by atoms with Gasteiger partial charge in [0.25, 0.3) is 0 Å². The maximum absolute atomic E-state index is 8.86. The first kappa shape index (κ1) is 14.7. The molecule has 20 heavy (non-hydrogen) atoms. The molecule has 2 rings (SSSR count). The van der Waals surface area contributed by atoms with Gasteiger partial charge in [-0.15, -0.1) is 0 Å². The molecule has 0 heterocycles. The van der Waals surface area contributed by atoms with E-state index in [1.54, 1.807) is 0 Å². The number of nitrogen functional groups attached to an aromatic ring is 1. The third kappa shape index (κ3) is 3.25. The van der Waals surface area contributed by atoms with Gasteiger partial charge in [0.2, 0.25) is 0 Å². The van der Waals surface area contributed by atoms with Crippen molar-refractivity contribution in [3.8, 4) is 6.07 Å². The molecule has 0 atom stereocenters. The van der Waals surface area contributed by atoms with E-state index in [4.69, 9.17) is 11.0 Å². The second-order valence-corrected chi connectivity index (χ2v) is 5.91. The monoisotopic (exact) mass is 271 g/mol. The molecule has 0 amide bonds. The second-order valence-electron chi connectivity index (χ2n) is 5.91. The highest BCUT2D eigenvalue weighted by atomic mass is 15.1.